The third-order valence-electron chi connectivity index (χ3n) is 6.78. The Labute approximate surface area is 165 Å². The molecule has 2 aliphatic carbocycles. The Kier molecular flexibility index (Phi) is 4.39. The Bertz CT molecular complexity index is 893. The number of nitrogens with zero attached hydrogens (tertiary/aromatic N) is 4. The first-order valence-corrected chi connectivity index (χ1v) is 10.4. The monoisotopic (exact) mass is 384 g/mol. The number of likely N-dealkylation sites (tertiary alicyclic amines) is 1. The van der Waals surface area contributed by atoms with Crippen LogP contribution in [0, 0.1) is 12.8 Å². The minimum absolute atomic E-state index is 0.00174. The largest absolute Gasteiger partial charge is 0.378 e. The number of aromatic nitrogens is 3. The van der Waals surface area contributed by atoms with Crippen LogP contribution in [-0.2, 0) is 9.47 Å². The highest BCUT2D eigenvalue weighted by Crippen LogP contribution is 2.44. The second-order valence-corrected chi connectivity index (χ2v) is 8.66. The molecule has 1 saturated heterocycles. The average molecular weight is 384 g/mol. The van der Waals surface area contributed by atoms with Crippen molar-refractivity contribution >= 4 is 11.6 Å². The highest BCUT2D eigenvalue weighted by Gasteiger charge is 2.53. The van der Waals surface area contributed by atoms with Gasteiger partial charge in [0.25, 0.3) is 5.91 Å². The van der Waals surface area contributed by atoms with E-state index in [-0.39, 0.29) is 23.7 Å². The summed E-state index contributed by atoms with van der Waals surface area (Å²) < 4.78 is 13.9. The lowest BCUT2D eigenvalue weighted by Crippen LogP contribution is -2.53. The molecule has 0 aromatic carbocycles. The molecule has 28 heavy (non-hydrogen) atoms. The number of hydrogen-bond acceptors (Lipinski definition) is 5. The number of carbonyl (C=O) groups is 1. The van der Waals surface area contributed by atoms with Gasteiger partial charge in [-0.15, -0.1) is 0 Å². The molecule has 0 bridgehead atoms. The van der Waals surface area contributed by atoms with Crippen molar-refractivity contribution in [1.29, 1.82) is 0 Å². The van der Waals surface area contributed by atoms with Crippen molar-refractivity contribution in [1.82, 2.24) is 19.5 Å². The average Bonchev–Trinajstić information content (AvgIpc) is 3.32. The SMILES string of the molecule is CO[C@@]12CC[C@@H](OCC3CC3)C[C@@H]1N(C(=O)c1cnn3cc(C)cnc13)CC2. The van der Waals surface area contributed by atoms with E-state index in [1.165, 1.54) is 12.8 Å². The maximum absolute atomic E-state index is 13.4. The molecule has 7 heteroatoms. The van der Waals surface area contributed by atoms with E-state index in [9.17, 15) is 4.79 Å². The fourth-order valence-corrected chi connectivity index (χ4v) is 4.89. The Morgan fingerprint density at radius 2 is 2.14 bits per heavy atom. The highest BCUT2D eigenvalue weighted by molar-refractivity contribution is 6.00. The van der Waals surface area contributed by atoms with Crippen LogP contribution in [-0.4, -0.2) is 63.4 Å². The maximum Gasteiger partial charge on any atom is 0.259 e. The van der Waals surface area contributed by atoms with Gasteiger partial charge >= 0.3 is 0 Å². The molecule has 150 valence electrons. The molecular formula is C21H28N4O3. The highest BCUT2D eigenvalue weighted by atomic mass is 16.5. The first-order valence-electron chi connectivity index (χ1n) is 10.4. The summed E-state index contributed by atoms with van der Waals surface area (Å²) in [7, 11) is 1.78. The molecule has 1 aliphatic heterocycles. The van der Waals surface area contributed by atoms with Gasteiger partial charge in [-0.25, -0.2) is 9.50 Å². The van der Waals surface area contributed by atoms with Crippen molar-refractivity contribution in [3.8, 4) is 0 Å². The van der Waals surface area contributed by atoms with Gasteiger partial charge in [0, 0.05) is 32.7 Å². The molecule has 2 aromatic rings. The third kappa shape index (κ3) is 3.01. The van der Waals surface area contributed by atoms with Crippen LogP contribution < -0.4 is 0 Å². The van der Waals surface area contributed by atoms with Crippen LogP contribution in [0.2, 0.25) is 0 Å². The third-order valence-corrected chi connectivity index (χ3v) is 6.78. The van der Waals surface area contributed by atoms with E-state index in [4.69, 9.17) is 9.47 Å². The first kappa shape index (κ1) is 18.1. The number of carbonyl (C=O) groups excluding carboxylic acids is 1. The summed E-state index contributed by atoms with van der Waals surface area (Å²) in [6.45, 7) is 3.53. The van der Waals surface area contributed by atoms with Gasteiger partial charge in [-0.3, -0.25) is 4.79 Å². The predicted octanol–water partition coefficient (Wildman–Crippen LogP) is 2.62. The Morgan fingerprint density at radius 3 is 2.93 bits per heavy atom. The molecule has 5 rings (SSSR count). The number of aryl methyl sites for hydroxylation is 1. The number of hydrogen-bond donors (Lipinski definition) is 0. The number of methoxy groups -OCH3 is 1. The Hall–Kier alpha value is -1.99. The zero-order valence-corrected chi connectivity index (χ0v) is 16.6. The Balaban J connectivity index is 1.39. The van der Waals surface area contributed by atoms with Gasteiger partial charge in [0.15, 0.2) is 5.65 Å². The molecule has 2 saturated carbocycles. The molecule has 2 aromatic heterocycles. The topological polar surface area (TPSA) is 69.0 Å². The van der Waals surface area contributed by atoms with Gasteiger partial charge in [0.2, 0.25) is 0 Å². The summed E-state index contributed by atoms with van der Waals surface area (Å²) in [5.74, 6) is 0.752. The molecule has 0 unspecified atom stereocenters. The van der Waals surface area contributed by atoms with Crippen LogP contribution in [0.5, 0.6) is 0 Å². The van der Waals surface area contributed by atoms with Crippen LogP contribution in [0.3, 0.4) is 0 Å². The van der Waals surface area contributed by atoms with Crippen molar-refractivity contribution in [2.24, 2.45) is 5.92 Å². The van der Waals surface area contributed by atoms with Gasteiger partial charge in [-0.1, -0.05) is 0 Å². The van der Waals surface area contributed by atoms with Gasteiger partial charge in [-0.05, 0) is 56.9 Å². The van der Waals surface area contributed by atoms with Crippen LogP contribution in [0.15, 0.2) is 18.6 Å². The van der Waals surface area contributed by atoms with Crippen LogP contribution in [0.25, 0.3) is 5.65 Å². The van der Waals surface area contributed by atoms with E-state index < -0.39 is 0 Å². The molecule has 0 spiro atoms. The number of rotatable bonds is 5. The van der Waals surface area contributed by atoms with Crippen molar-refractivity contribution in [3.63, 3.8) is 0 Å². The van der Waals surface area contributed by atoms with Crippen LogP contribution in [0.4, 0.5) is 0 Å². The molecule has 0 N–H and O–H groups in total. The molecule has 0 radical (unpaired) electrons. The first-order chi connectivity index (χ1) is 13.6. The van der Waals surface area contributed by atoms with Crippen molar-refractivity contribution in [2.75, 3.05) is 20.3 Å². The molecule has 3 atom stereocenters. The summed E-state index contributed by atoms with van der Waals surface area (Å²) in [5.41, 5.74) is 1.94. The van der Waals surface area contributed by atoms with E-state index in [1.807, 2.05) is 18.0 Å². The van der Waals surface area contributed by atoms with E-state index in [1.54, 1.807) is 24.0 Å². The number of fused-ring (bicyclic) bond motifs is 2. The zero-order valence-electron chi connectivity index (χ0n) is 16.6. The Morgan fingerprint density at radius 1 is 1.29 bits per heavy atom. The predicted molar refractivity (Wildman–Crippen MR) is 103 cm³/mol. The van der Waals surface area contributed by atoms with Crippen molar-refractivity contribution in [3.05, 3.63) is 29.7 Å². The summed E-state index contributed by atoms with van der Waals surface area (Å²) in [4.78, 5) is 19.9. The van der Waals surface area contributed by atoms with Crippen LogP contribution in [0.1, 0.15) is 54.4 Å². The minimum atomic E-state index is -0.248. The molecular weight excluding hydrogens is 356 g/mol. The van der Waals surface area contributed by atoms with Gasteiger partial charge < -0.3 is 14.4 Å². The quantitative estimate of drug-likeness (QED) is 0.793. The zero-order chi connectivity index (χ0) is 19.3. The molecule has 3 fully saturated rings. The van der Waals surface area contributed by atoms with Crippen molar-refractivity contribution < 1.29 is 14.3 Å². The van der Waals surface area contributed by atoms with E-state index in [2.05, 4.69) is 10.1 Å². The fourth-order valence-electron chi connectivity index (χ4n) is 4.89. The molecule has 3 aliphatic rings. The van der Waals surface area contributed by atoms with Gasteiger partial charge in [0.05, 0.1) is 23.9 Å². The summed E-state index contributed by atoms with van der Waals surface area (Å²) in [6, 6.07) is 0.0448. The molecule has 7 nitrogen and oxygen atoms in total. The lowest BCUT2D eigenvalue weighted by molar-refractivity contribution is -0.0977. The number of ether oxygens (including phenoxy) is 2. The maximum atomic E-state index is 13.4. The second-order valence-electron chi connectivity index (χ2n) is 8.66. The lowest BCUT2D eigenvalue weighted by atomic mass is 9.79. The standard InChI is InChI=1S/C21H28N4O3/c1-14-10-22-19-17(11-23-25(19)12-14)20(26)24-8-7-21(27-2)6-5-16(9-18(21)24)28-13-15-3-4-15/h10-12,15-16,18H,3-9,13H2,1-2H3/t16-,18+,21-/m1/s1. The lowest BCUT2D eigenvalue weighted by Gasteiger charge is -2.43. The smallest absolute Gasteiger partial charge is 0.259 e. The van der Waals surface area contributed by atoms with Crippen LogP contribution >= 0.6 is 0 Å². The van der Waals surface area contributed by atoms with Crippen molar-refractivity contribution in [2.45, 2.75) is 63.2 Å². The van der Waals surface area contributed by atoms with Gasteiger partial charge in [-0.2, -0.15) is 5.10 Å². The fraction of sp³-hybridized carbons (Fsp3) is 0.667. The molecule has 1 amide bonds. The summed E-state index contributed by atoms with van der Waals surface area (Å²) in [5, 5.41) is 4.33. The second kappa shape index (κ2) is 6.81. The number of amides is 1. The van der Waals surface area contributed by atoms with E-state index in [0.717, 1.165) is 43.8 Å². The van der Waals surface area contributed by atoms with E-state index >= 15 is 0 Å². The minimum Gasteiger partial charge on any atom is -0.378 e. The summed E-state index contributed by atoms with van der Waals surface area (Å²) >= 11 is 0. The normalized spacial score (nSPS) is 30.0. The van der Waals surface area contributed by atoms with E-state index in [0.29, 0.717) is 17.8 Å². The van der Waals surface area contributed by atoms with Gasteiger partial charge in [0.1, 0.15) is 5.56 Å². The summed E-state index contributed by atoms with van der Waals surface area (Å²) in [6.07, 6.45) is 11.8. The molecule has 3 heterocycles.